The van der Waals surface area contributed by atoms with E-state index in [2.05, 4.69) is 21.2 Å². The van der Waals surface area contributed by atoms with Gasteiger partial charge in [0, 0.05) is 23.5 Å². The highest BCUT2D eigenvalue weighted by Gasteiger charge is 2.27. The highest BCUT2D eigenvalue weighted by Crippen LogP contribution is 2.19. The molecule has 1 saturated carbocycles. The molecule has 1 fully saturated rings. The Kier molecular flexibility index (Phi) is 6.63. The van der Waals surface area contributed by atoms with Crippen molar-refractivity contribution in [2.45, 2.75) is 64.6 Å². The summed E-state index contributed by atoms with van der Waals surface area (Å²) in [4.78, 5) is 26.5. The Bertz CT molecular complexity index is 538. The van der Waals surface area contributed by atoms with Crippen molar-refractivity contribution in [3.63, 3.8) is 0 Å². The Morgan fingerprint density at radius 1 is 1.26 bits per heavy atom. The third kappa shape index (κ3) is 5.06. The van der Waals surface area contributed by atoms with Crippen LogP contribution in [-0.2, 0) is 16.1 Å². The predicted molar refractivity (Wildman–Crippen MR) is 94.8 cm³/mol. The first-order chi connectivity index (χ1) is 11.0. The van der Waals surface area contributed by atoms with Gasteiger partial charge >= 0.3 is 0 Å². The van der Waals surface area contributed by atoms with Gasteiger partial charge in [-0.05, 0) is 37.5 Å². The third-order valence-corrected chi connectivity index (χ3v) is 4.97. The maximum atomic E-state index is 12.5. The second kappa shape index (κ2) is 8.48. The molecule has 0 bridgehead atoms. The van der Waals surface area contributed by atoms with E-state index in [0.29, 0.717) is 13.0 Å². The molecule has 1 atom stereocenters. The first-order valence-corrected chi connectivity index (χ1v) is 9.15. The Morgan fingerprint density at radius 2 is 1.87 bits per heavy atom. The molecule has 1 aliphatic carbocycles. The Balaban J connectivity index is 2.05. The minimum Gasteiger partial charge on any atom is -0.352 e. The van der Waals surface area contributed by atoms with E-state index in [1.165, 1.54) is 12.8 Å². The average Bonchev–Trinajstić information content (AvgIpc) is 3.06. The molecule has 1 aliphatic rings. The van der Waals surface area contributed by atoms with E-state index in [1.807, 2.05) is 38.1 Å². The van der Waals surface area contributed by atoms with Crippen molar-refractivity contribution in [2.24, 2.45) is 0 Å². The summed E-state index contributed by atoms with van der Waals surface area (Å²) in [6.45, 7) is 4.11. The lowest BCUT2D eigenvalue weighted by Gasteiger charge is -2.29. The second-order valence-corrected chi connectivity index (χ2v) is 7.08. The second-order valence-electron chi connectivity index (χ2n) is 6.17. The Morgan fingerprint density at radius 3 is 2.43 bits per heavy atom. The maximum Gasteiger partial charge on any atom is 0.242 e. The highest BCUT2D eigenvalue weighted by atomic mass is 79.9. The number of amides is 2. The van der Waals surface area contributed by atoms with Crippen LogP contribution in [0.1, 0.15) is 51.5 Å². The molecule has 23 heavy (non-hydrogen) atoms. The van der Waals surface area contributed by atoms with E-state index < -0.39 is 6.04 Å². The van der Waals surface area contributed by atoms with E-state index in [-0.39, 0.29) is 17.9 Å². The minimum atomic E-state index is -0.452. The fourth-order valence-corrected chi connectivity index (χ4v) is 3.23. The van der Waals surface area contributed by atoms with Crippen LogP contribution in [0, 0.1) is 0 Å². The van der Waals surface area contributed by atoms with Crippen molar-refractivity contribution < 1.29 is 9.59 Å². The van der Waals surface area contributed by atoms with Crippen LogP contribution in [0.15, 0.2) is 28.7 Å². The fraction of sp³-hybridized carbons (Fsp3) is 0.556. The van der Waals surface area contributed by atoms with Gasteiger partial charge in [0.25, 0.3) is 0 Å². The smallest absolute Gasteiger partial charge is 0.242 e. The largest absolute Gasteiger partial charge is 0.352 e. The van der Waals surface area contributed by atoms with Gasteiger partial charge in [-0.2, -0.15) is 0 Å². The number of benzene rings is 1. The zero-order chi connectivity index (χ0) is 16.8. The summed E-state index contributed by atoms with van der Waals surface area (Å²) in [6, 6.07) is 7.67. The van der Waals surface area contributed by atoms with Gasteiger partial charge in [0.1, 0.15) is 6.04 Å². The fourth-order valence-electron chi connectivity index (χ4n) is 2.96. The molecule has 0 aromatic heterocycles. The number of hydrogen-bond acceptors (Lipinski definition) is 2. The van der Waals surface area contributed by atoms with Crippen LogP contribution in [0.5, 0.6) is 0 Å². The number of carbonyl (C=O) groups excluding carboxylic acids is 2. The van der Waals surface area contributed by atoms with Crippen LogP contribution in [0.4, 0.5) is 0 Å². The van der Waals surface area contributed by atoms with Crippen molar-refractivity contribution in [1.82, 2.24) is 10.2 Å². The number of hydrogen-bond donors (Lipinski definition) is 1. The van der Waals surface area contributed by atoms with Crippen LogP contribution in [-0.4, -0.2) is 28.8 Å². The van der Waals surface area contributed by atoms with Gasteiger partial charge < -0.3 is 10.2 Å². The molecular weight excluding hydrogens is 356 g/mol. The molecule has 1 unspecified atom stereocenters. The summed E-state index contributed by atoms with van der Waals surface area (Å²) in [5, 5.41) is 3.09. The normalized spacial score (nSPS) is 16.1. The lowest BCUT2D eigenvalue weighted by Crippen LogP contribution is -2.49. The molecule has 0 heterocycles. The van der Waals surface area contributed by atoms with Crippen LogP contribution < -0.4 is 5.32 Å². The molecule has 4 nitrogen and oxygen atoms in total. The Labute approximate surface area is 146 Å². The highest BCUT2D eigenvalue weighted by molar-refractivity contribution is 9.10. The van der Waals surface area contributed by atoms with Crippen molar-refractivity contribution in [3.05, 3.63) is 34.3 Å². The number of halogens is 1. The number of nitrogens with zero attached hydrogens (tertiary/aromatic N) is 1. The van der Waals surface area contributed by atoms with Gasteiger partial charge in [0.15, 0.2) is 0 Å². The Hall–Kier alpha value is -1.36. The van der Waals surface area contributed by atoms with Gasteiger partial charge in [-0.25, -0.2) is 0 Å². The standard InChI is InChI=1S/C18H25BrN2O2/c1-3-17(22)21(12-14-8-10-15(19)11-9-14)13(2)18(23)20-16-6-4-5-7-16/h8-11,13,16H,3-7,12H2,1-2H3,(H,20,23). The molecule has 1 aromatic carbocycles. The summed E-state index contributed by atoms with van der Waals surface area (Å²) in [6.07, 6.45) is 4.85. The van der Waals surface area contributed by atoms with Gasteiger partial charge in [-0.3, -0.25) is 9.59 Å². The zero-order valence-corrected chi connectivity index (χ0v) is 15.4. The van der Waals surface area contributed by atoms with E-state index in [9.17, 15) is 9.59 Å². The molecule has 2 amide bonds. The van der Waals surface area contributed by atoms with E-state index in [4.69, 9.17) is 0 Å². The van der Waals surface area contributed by atoms with Gasteiger partial charge in [-0.1, -0.05) is 47.8 Å². The monoisotopic (exact) mass is 380 g/mol. The molecule has 0 saturated heterocycles. The van der Waals surface area contributed by atoms with E-state index in [0.717, 1.165) is 22.9 Å². The molecule has 1 aromatic rings. The van der Waals surface area contributed by atoms with Crippen LogP contribution in [0.25, 0.3) is 0 Å². The molecular formula is C18H25BrN2O2. The first kappa shape index (κ1) is 18.0. The quantitative estimate of drug-likeness (QED) is 0.818. The van der Waals surface area contributed by atoms with Crippen molar-refractivity contribution in [2.75, 3.05) is 0 Å². The lowest BCUT2D eigenvalue weighted by molar-refractivity contribution is -0.140. The molecule has 1 N–H and O–H groups in total. The van der Waals surface area contributed by atoms with Gasteiger partial charge in [0.2, 0.25) is 11.8 Å². The third-order valence-electron chi connectivity index (χ3n) is 4.44. The lowest BCUT2D eigenvalue weighted by atomic mass is 10.1. The topological polar surface area (TPSA) is 49.4 Å². The van der Waals surface area contributed by atoms with Crippen molar-refractivity contribution in [3.8, 4) is 0 Å². The molecule has 126 valence electrons. The molecule has 2 rings (SSSR count). The van der Waals surface area contributed by atoms with E-state index in [1.54, 1.807) is 4.90 Å². The number of rotatable bonds is 6. The van der Waals surface area contributed by atoms with Crippen LogP contribution in [0.2, 0.25) is 0 Å². The predicted octanol–water partition coefficient (Wildman–Crippen LogP) is 3.64. The van der Waals surface area contributed by atoms with Gasteiger partial charge in [-0.15, -0.1) is 0 Å². The molecule has 5 heteroatoms. The SMILES string of the molecule is CCC(=O)N(Cc1ccc(Br)cc1)C(C)C(=O)NC1CCCC1. The van der Waals surface area contributed by atoms with Crippen molar-refractivity contribution >= 4 is 27.7 Å². The number of carbonyl (C=O) groups is 2. The summed E-state index contributed by atoms with van der Waals surface area (Å²) in [5.41, 5.74) is 1.02. The van der Waals surface area contributed by atoms with Crippen LogP contribution >= 0.6 is 15.9 Å². The molecule has 0 radical (unpaired) electrons. The van der Waals surface area contributed by atoms with Crippen LogP contribution in [0.3, 0.4) is 0 Å². The van der Waals surface area contributed by atoms with Gasteiger partial charge in [0.05, 0.1) is 0 Å². The molecule has 0 spiro atoms. The first-order valence-electron chi connectivity index (χ1n) is 8.35. The minimum absolute atomic E-state index is 0.00184. The summed E-state index contributed by atoms with van der Waals surface area (Å²) in [7, 11) is 0. The summed E-state index contributed by atoms with van der Waals surface area (Å²) >= 11 is 3.41. The summed E-state index contributed by atoms with van der Waals surface area (Å²) < 4.78 is 1.00. The summed E-state index contributed by atoms with van der Waals surface area (Å²) in [5.74, 6) is -0.0437. The van der Waals surface area contributed by atoms with E-state index >= 15 is 0 Å². The average molecular weight is 381 g/mol. The maximum absolute atomic E-state index is 12.5. The van der Waals surface area contributed by atoms with Crippen molar-refractivity contribution in [1.29, 1.82) is 0 Å². The number of nitrogens with one attached hydrogen (secondary N) is 1. The zero-order valence-electron chi connectivity index (χ0n) is 13.8. The molecule has 0 aliphatic heterocycles.